The van der Waals surface area contributed by atoms with Crippen LogP contribution < -0.4 is 0 Å². The Bertz CT molecular complexity index is 972. The summed E-state index contributed by atoms with van der Waals surface area (Å²) >= 11 is 3.33. The third-order valence-electron chi connectivity index (χ3n) is 3.39. The van der Waals surface area contributed by atoms with Crippen LogP contribution in [0.5, 0.6) is 0 Å². The average Bonchev–Trinajstić information content (AvgIpc) is 2.87. The van der Waals surface area contributed by atoms with Crippen molar-refractivity contribution >= 4 is 42.6 Å². The minimum absolute atomic E-state index is 0.203. The zero-order valence-corrected chi connectivity index (χ0v) is 14.1. The molecule has 3 aromatic rings. The maximum Gasteiger partial charge on any atom is 0.236 e. The minimum atomic E-state index is -3.47. The molecule has 1 heterocycles. The highest BCUT2D eigenvalue weighted by Gasteiger charge is 2.19. The van der Waals surface area contributed by atoms with Gasteiger partial charge in [-0.3, -0.25) is 4.79 Å². The van der Waals surface area contributed by atoms with E-state index < -0.39 is 10.0 Å². The second kappa shape index (κ2) is 5.37. The first-order valence-corrected chi connectivity index (χ1v) is 9.13. The number of nitrogens with zero attached hydrogens (tertiary/aromatic N) is 1. The van der Waals surface area contributed by atoms with Gasteiger partial charge in [0, 0.05) is 27.2 Å². The van der Waals surface area contributed by atoms with Crippen LogP contribution in [0.15, 0.2) is 59.2 Å². The van der Waals surface area contributed by atoms with Gasteiger partial charge in [-0.1, -0.05) is 34.1 Å². The molecule has 0 unspecified atom stereocenters. The number of aromatic nitrogens is 1. The highest BCUT2D eigenvalue weighted by Crippen LogP contribution is 2.25. The smallest absolute Gasteiger partial charge is 0.236 e. The second-order valence-corrected chi connectivity index (χ2v) is 7.73. The summed E-state index contributed by atoms with van der Waals surface area (Å²) in [5.74, 6) is -0.203. The first-order valence-electron chi connectivity index (χ1n) is 6.49. The first kappa shape index (κ1) is 15.0. The first-order chi connectivity index (χ1) is 10.4. The molecule has 0 aliphatic carbocycles. The highest BCUT2D eigenvalue weighted by atomic mass is 79.9. The molecule has 0 bridgehead atoms. The van der Waals surface area contributed by atoms with Crippen LogP contribution >= 0.6 is 15.9 Å². The van der Waals surface area contributed by atoms with E-state index in [4.69, 9.17) is 0 Å². The normalized spacial score (nSPS) is 11.7. The fourth-order valence-electron chi connectivity index (χ4n) is 2.36. The van der Waals surface area contributed by atoms with E-state index >= 15 is 0 Å². The number of rotatable bonds is 3. The fourth-order valence-corrected chi connectivity index (χ4v) is 3.44. The van der Waals surface area contributed by atoms with E-state index in [1.54, 1.807) is 48.5 Å². The summed E-state index contributed by atoms with van der Waals surface area (Å²) in [6.07, 6.45) is 2.51. The molecule has 4 nitrogen and oxygen atoms in total. The minimum Gasteiger partial charge on any atom is -0.289 e. The van der Waals surface area contributed by atoms with Gasteiger partial charge in [0.2, 0.25) is 10.0 Å². The molecule has 0 saturated heterocycles. The molecule has 0 amide bonds. The van der Waals surface area contributed by atoms with Gasteiger partial charge in [0.05, 0.1) is 11.8 Å². The van der Waals surface area contributed by atoms with Crippen LogP contribution in [-0.4, -0.2) is 24.4 Å². The molecule has 0 N–H and O–H groups in total. The number of carbonyl (C=O) groups excluding carboxylic acids is 1. The van der Waals surface area contributed by atoms with Gasteiger partial charge in [0.15, 0.2) is 5.78 Å². The molecule has 1 aromatic heterocycles. The topological polar surface area (TPSA) is 56.1 Å². The molecular weight excluding hydrogens is 366 g/mol. The number of halogens is 1. The molecular formula is C16H12BrNO3S. The van der Waals surface area contributed by atoms with Crippen LogP contribution in [-0.2, 0) is 10.0 Å². The van der Waals surface area contributed by atoms with Gasteiger partial charge in [-0.2, -0.15) is 0 Å². The maximum absolute atomic E-state index is 12.7. The van der Waals surface area contributed by atoms with Gasteiger partial charge in [0.25, 0.3) is 0 Å². The Morgan fingerprint density at radius 1 is 1.05 bits per heavy atom. The summed E-state index contributed by atoms with van der Waals surface area (Å²) in [5, 5.41) is 0.626. The van der Waals surface area contributed by atoms with Gasteiger partial charge < -0.3 is 0 Å². The van der Waals surface area contributed by atoms with Crippen LogP contribution in [0.4, 0.5) is 0 Å². The quantitative estimate of drug-likeness (QED) is 0.656. The molecule has 0 radical (unpaired) electrons. The van der Waals surface area contributed by atoms with Crippen LogP contribution in [0.3, 0.4) is 0 Å². The average molecular weight is 378 g/mol. The van der Waals surface area contributed by atoms with Crippen molar-refractivity contribution in [1.29, 1.82) is 0 Å². The van der Waals surface area contributed by atoms with Crippen LogP contribution in [0.1, 0.15) is 15.9 Å². The Morgan fingerprint density at radius 3 is 2.32 bits per heavy atom. The summed E-state index contributed by atoms with van der Waals surface area (Å²) in [6.45, 7) is 0. The lowest BCUT2D eigenvalue weighted by atomic mass is 10.0. The fraction of sp³-hybridized carbons (Fsp3) is 0.0625. The number of fused-ring (bicyclic) bond motifs is 1. The Balaban J connectivity index is 2.23. The summed E-state index contributed by atoms with van der Waals surface area (Å²) in [7, 11) is -3.47. The standard InChI is InChI=1S/C16H12BrNO3S/c1-22(20,21)18-10-14(13-4-2-3-5-15(13)18)16(19)11-6-8-12(17)9-7-11/h2-10H,1H3. The Labute approximate surface area is 136 Å². The lowest BCUT2D eigenvalue weighted by Gasteiger charge is -2.00. The number of para-hydroxylation sites is 1. The third-order valence-corrected chi connectivity index (χ3v) is 4.93. The predicted octanol–water partition coefficient (Wildman–Crippen LogP) is 3.44. The number of hydrogen-bond acceptors (Lipinski definition) is 3. The molecule has 6 heteroatoms. The number of ketones is 1. The highest BCUT2D eigenvalue weighted by molar-refractivity contribution is 9.10. The second-order valence-electron chi connectivity index (χ2n) is 4.95. The van der Waals surface area contributed by atoms with Crippen molar-refractivity contribution in [3.8, 4) is 0 Å². The molecule has 0 fully saturated rings. The van der Waals surface area contributed by atoms with E-state index in [1.807, 2.05) is 0 Å². The van der Waals surface area contributed by atoms with Crippen molar-refractivity contribution < 1.29 is 13.2 Å². The monoisotopic (exact) mass is 377 g/mol. The molecule has 0 aliphatic heterocycles. The SMILES string of the molecule is CS(=O)(=O)n1cc(C(=O)c2ccc(Br)cc2)c2ccccc21. The number of carbonyl (C=O) groups is 1. The molecule has 3 rings (SSSR count). The zero-order valence-electron chi connectivity index (χ0n) is 11.7. The van der Waals surface area contributed by atoms with Crippen LogP contribution in [0.25, 0.3) is 10.9 Å². The lowest BCUT2D eigenvalue weighted by Crippen LogP contribution is -2.08. The van der Waals surface area contributed by atoms with Gasteiger partial charge in [-0.25, -0.2) is 12.4 Å². The van der Waals surface area contributed by atoms with E-state index in [-0.39, 0.29) is 5.78 Å². The van der Waals surface area contributed by atoms with Crippen molar-refractivity contribution in [2.24, 2.45) is 0 Å². The molecule has 0 atom stereocenters. The Morgan fingerprint density at radius 2 is 1.68 bits per heavy atom. The summed E-state index contributed by atoms with van der Waals surface area (Å²) < 4.78 is 25.8. The van der Waals surface area contributed by atoms with E-state index in [2.05, 4.69) is 15.9 Å². The predicted molar refractivity (Wildman–Crippen MR) is 89.8 cm³/mol. The Kier molecular flexibility index (Phi) is 3.66. The molecule has 0 spiro atoms. The van der Waals surface area contributed by atoms with E-state index in [1.165, 1.54) is 6.20 Å². The van der Waals surface area contributed by atoms with Crippen molar-refractivity contribution in [3.63, 3.8) is 0 Å². The molecule has 22 heavy (non-hydrogen) atoms. The van der Waals surface area contributed by atoms with Crippen LogP contribution in [0.2, 0.25) is 0 Å². The largest absolute Gasteiger partial charge is 0.289 e. The van der Waals surface area contributed by atoms with Gasteiger partial charge in [0.1, 0.15) is 0 Å². The lowest BCUT2D eigenvalue weighted by molar-refractivity contribution is 0.104. The third kappa shape index (κ3) is 2.60. The van der Waals surface area contributed by atoms with Crippen molar-refractivity contribution in [3.05, 3.63) is 70.3 Å². The summed E-state index contributed by atoms with van der Waals surface area (Å²) in [6, 6.07) is 14.0. The molecule has 2 aromatic carbocycles. The van der Waals surface area contributed by atoms with Gasteiger partial charge in [-0.15, -0.1) is 0 Å². The molecule has 112 valence electrons. The van der Waals surface area contributed by atoms with Gasteiger partial charge in [-0.05, 0) is 30.3 Å². The van der Waals surface area contributed by atoms with Crippen molar-refractivity contribution in [2.75, 3.05) is 6.26 Å². The maximum atomic E-state index is 12.7. The summed E-state index contributed by atoms with van der Waals surface area (Å²) in [4.78, 5) is 12.7. The van der Waals surface area contributed by atoms with E-state index in [0.29, 0.717) is 22.0 Å². The zero-order chi connectivity index (χ0) is 15.9. The van der Waals surface area contributed by atoms with Crippen molar-refractivity contribution in [2.45, 2.75) is 0 Å². The van der Waals surface area contributed by atoms with Crippen LogP contribution in [0, 0.1) is 0 Å². The van der Waals surface area contributed by atoms with E-state index in [9.17, 15) is 13.2 Å². The Hall–Kier alpha value is -1.92. The van der Waals surface area contributed by atoms with Crippen molar-refractivity contribution in [1.82, 2.24) is 3.97 Å². The molecule has 0 saturated carbocycles. The molecule has 0 aliphatic rings. The van der Waals surface area contributed by atoms with E-state index in [0.717, 1.165) is 14.7 Å². The number of hydrogen-bond donors (Lipinski definition) is 0. The number of benzene rings is 2. The summed E-state index contributed by atoms with van der Waals surface area (Å²) in [5.41, 5.74) is 1.40. The van der Waals surface area contributed by atoms with Gasteiger partial charge >= 0.3 is 0 Å².